The molecule has 1 heterocycles. The molecule has 0 radical (unpaired) electrons. The summed E-state index contributed by atoms with van der Waals surface area (Å²) in [7, 11) is 0. The zero-order chi connectivity index (χ0) is 18.7. The fraction of sp³-hybridized carbons (Fsp3) is 0.950. The Labute approximate surface area is 179 Å². The first-order valence-corrected chi connectivity index (χ1v) is 10.4. The van der Waals surface area contributed by atoms with Crippen molar-refractivity contribution in [2.45, 2.75) is 60.5 Å². The third-order valence-electron chi connectivity index (χ3n) is 5.13. The van der Waals surface area contributed by atoms with Gasteiger partial charge in [0.15, 0.2) is 5.96 Å². The van der Waals surface area contributed by atoms with Gasteiger partial charge in [0.25, 0.3) is 0 Å². The summed E-state index contributed by atoms with van der Waals surface area (Å²) in [4.78, 5) is 9.87. The lowest BCUT2D eigenvalue weighted by Crippen LogP contribution is -2.41. The molecule has 0 bridgehead atoms. The number of nitrogens with zero attached hydrogens (tertiary/aromatic N) is 3. The van der Waals surface area contributed by atoms with Gasteiger partial charge in [-0.25, -0.2) is 0 Å². The van der Waals surface area contributed by atoms with Gasteiger partial charge in [0.1, 0.15) is 0 Å². The van der Waals surface area contributed by atoms with Crippen LogP contribution >= 0.6 is 24.0 Å². The maximum Gasteiger partial charge on any atom is 0.193 e. The Morgan fingerprint density at radius 3 is 2.46 bits per heavy atom. The van der Waals surface area contributed by atoms with E-state index in [2.05, 4.69) is 56.7 Å². The van der Waals surface area contributed by atoms with E-state index in [-0.39, 0.29) is 24.0 Å². The highest BCUT2D eigenvalue weighted by atomic mass is 127. The molecule has 1 N–H and O–H groups in total. The maximum atomic E-state index is 5.85. The maximum absolute atomic E-state index is 5.85. The van der Waals surface area contributed by atoms with E-state index < -0.39 is 0 Å². The van der Waals surface area contributed by atoms with Crippen molar-refractivity contribution in [3.05, 3.63) is 0 Å². The Balaban J connectivity index is 0.00000625. The van der Waals surface area contributed by atoms with Gasteiger partial charge >= 0.3 is 0 Å². The second-order valence-corrected chi connectivity index (χ2v) is 7.35. The van der Waals surface area contributed by atoms with Gasteiger partial charge in [-0.2, -0.15) is 0 Å². The molecule has 156 valence electrons. The summed E-state index contributed by atoms with van der Waals surface area (Å²) in [5.74, 6) is 2.39. The summed E-state index contributed by atoms with van der Waals surface area (Å²) in [6.45, 7) is 21.5. The van der Waals surface area contributed by atoms with Gasteiger partial charge in [-0.3, -0.25) is 4.99 Å². The summed E-state index contributed by atoms with van der Waals surface area (Å²) in [6, 6.07) is 0. The fourth-order valence-electron chi connectivity index (χ4n) is 3.57. The van der Waals surface area contributed by atoms with Crippen molar-refractivity contribution in [3.8, 4) is 0 Å². The smallest absolute Gasteiger partial charge is 0.193 e. The molecule has 26 heavy (non-hydrogen) atoms. The van der Waals surface area contributed by atoms with Crippen LogP contribution in [0.3, 0.4) is 0 Å². The molecule has 0 amide bonds. The number of ether oxygens (including phenoxy) is 1. The lowest BCUT2D eigenvalue weighted by Gasteiger charge is -2.25. The molecule has 5 nitrogen and oxygen atoms in total. The van der Waals surface area contributed by atoms with E-state index in [1.807, 2.05) is 0 Å². The van der Waals surface area contributed by atoms with Gasteiger partial charge < -0.3 is 19.9 Å². The van der Waals surface area contributed by atoms with Crippen LogP contribution in [0, 0.1) is 11.8 Å². The molecule has 1 aliphatic heterocycles. The van der Waals surface area contributed by atoms with Crippen LogP contribution < -0.4 is 5.32 Å². The largest absolute Gasteiger partial charge is 0.378 e. The Hall–Kier alpha value is -0.0800. The number of guanidine groups is 1. The number of rotatable bonds is 11. The quantitative estimate of drug-likeness (QED) is 0.277. The van der Waals surface area contributed by atoms with Crippen molar-refractivity contribution in [2.24, 2.45) is 16.8 Å². The molecular formula is C20H43IN4O. The van der Waals surface area contributed by atoms with E-state index in [4.69, 9.17) is 9.73 Å². The van der Waals surface area contributed by atoms with Gasteiger partial charge in [-0.15, -0.1) is 24.0 Å². The van der Waals surface area contributed by atoms with Crippen LogP contribution in [-0.2, 0) is 4.74 Å². The molecule has 1 saturated heterocycles. The van der Waals surface area contributed by atoms with Crippen LogP contribution in [0.1, 0.15) is 54.4 Å². The third-order valence-corrected chi connectivity index (χ3v) is 5.13. The molecule has 2 atom stereocenters. The van der Waals surface area contributed by atoms with Crippen LogP contribution in [0.15, 0.2) is 4.99 Å². The summed E-state index contributed by atoms with van der Waals surface area (Å²) in [6.07, 6.45) is 2.58. The van der Waals surface area contributed by atoms with Crippen LogP contribution in [-0.4, -0.2) is 74.3 Å². The molecule has 1 aliphatic rings. The minimum absolute atomic E-state index is 0. The van der Waals surface area contributed by atoms with Crippen LogP contribution in [0.2, 0.25) is 0 Å². The van der Waals surface area contributed by atoms with Crippen LogP contribution in [0.5, 0.6) is 0 Å². The Morgan fingerprint density at radius 1 is 1.23 bits per heavy atom. The Morgan fingerprint density at radius 2 is 1.92 bits per heavy atom. The second kappa shape index (κ2) is 14.9. The summed E-state index contributed by atoms with van der Waals surface area (Å²) in [5.41, 5.74) is 0. The van der Waals surface area contributed by atoms with Crippen molar-refractivity contribution in [1.82, 2.24) is 15.1 Å². The Kier molecular flexibility index (Phi) is 14.9. The van der Waals surface area contributed by atoms with Crippen molar-refractivity contribution in [1.29, 1.82) is 0 Å². The van der Waals surface area contributed by atoms with Crippen LogP contribution in [0.4, 0.5) is 0 Å². The molecule has 1 fully saturated rings. The topological polar surface area (TPSA) is 40.1 Å². The van der Waals surface area contributed by atoms with E-state index in [1.54, 1.807) is 0 Å². The molecular weight excluding hydrogens is 439 g/mol. The molecule has 6 heteroatoms. The standard InChI is InChI=1S/C20H42N4O.HI/c1-7-21-20(22-13-11-19(17(5)6)25-10-4)24-14-12-18(16-24)15-23(8-2)9-3;/h17-19H,7-16H2,1-6H3,(H,21,22);1H. The molecule has 0 aromatic carbocycles. The minimum Gasteiger partial charge on any atom is -0.378 e. The van der Waals surface area contributed by atoms with E-state index in [0.717, 1.165) is 64.2 Å². The summed E-state index contributed by atoms with van der Waals surface area (Å²) < 4.78 is 5.85. The second-order valence-electron chi connectivity index (χ2n) is 7.35. The summed E-state index contributed by atoms with van der Waals surface area (Å²) >= 11 is 0. The first-order chi connectivity index (χ1) is 12.0. The van der Waals surface area contributed by atoms with Crippen molar-refractivity contribution in [2.75, 3.05) is 52.4 Å². The van der Waals surface area contributed by atoms with Crippen molar-refractivity contribution in [3.63, 3.8) is 0 Å². The number of halogens is 1. The lowest BCUT2D eigenvalue weighted by molar-refractivity contribution is 0.0266. The van der Waals surface area contributed by atoms with Gasteiger partial charge in [0.05, 0.1) is 6.10 Å². The predicted octanol–water partition coefficient (Wildman–Crippen LogP) is 3.68. The zero-order valence-corrected chi connectivity index (χ0v) is 20.3. The van der Waals surface area contributed by atoms with Gasteiger partial charge in [-0.1, -0.05) is 27.7 Å². The molecule has 0 aliphatic carbocycles. The molecule has 1 rings (SSSR count). The number of nitrogens with one attached hydrogen (secondary N) is 1. The highest BCUT2D eigenvalue weighted by Gasteiger charge is 2.26. The summed E-state index contributed by atoms with van der Waals surface area (Å²) in [5, 5.41) is 3.48. The number of likely N-dealkylation sites (tertiary alicyclic amines) is 1. The average molecular weight is 482 g/mol. The zero-order valence-electron chi connectivity index (χ0n) is 18.0. The predicted molar refractivity (Wildman–Crippen MR) is 124 cm³/mol. The van der Waals surface area contributed by atoms with Gasteiger partial charge in [-0.05, 0) is 51.6 Å². The molecule has 0 aromatic rings. The monoisotopic (exact) mass is 482 g/mol. The van der Waals surface area contributed by atoms with Gasteiger partial charge in [0, 0.05) is 39.3 Å². The fourth-order valence-corrected chi connectivity index (χ4v) is 3.57. The van der Waals surface area contributed by atoms with E-state index in [0.29, 0.717) is 12.0 Å². The number of aliphatic imine (C=N–C) groups is 1. The van der Waals surface area contributed by atoms with E-state index in [9.17, 15) is 0 Å². The van der Waals surface area contributed by atoms with Crippen molar-refractivity contribution < 1.29 is 4.74 Å². The first-order valence-electron chi connectivity index (χ1n) is 10.4. The highest BCUT2D eigenvalue weighted by Crippen LogP contribution is 2.18. The SMILES string of the molecule is CCNC(=NCCC(OCC)C(C)C)N1CCC(CN(CC)CC)C1.I. The average Bonchev–Trinajstić information content (AvgIpc) is 3.06. The highest BCUT2D eigenvalue weighted by molar-refractivity contribution is 14.0. The molecule has 0 aromatic heterocycles. The number of hydrogen-bond acceptors (Lipinski definition) is 3. The Bertz CT molecular complexity index is 375. The van der Waals surface area contributed by atoms with Gasteiger partial charge in [0.2, 0.25) is 0 Å². The molecule has 0 saturated carbocycles. The molecule has 0 spiro atoms. The minimum atomic E-state index is 0. The van der Waals surface area contributed by atoms with Crippen molar-refractivity contribution >= 4 is 29.9 Å². The third kappa shape index (κ3) is 9.22. The van der Waals surface area contributed by atoms with Crippen LogP contribution in [0.25, 0.3) is 0 Å². The lowest BCUT2D eigenvalue weighted by atomic mass is 10.0. The first kappa shape index (κ1) is 25.9. The molecule has 2 unspecified atom stereocenters. The van der Waals surface area contributed by atoms with E-state index >= 15 is 0 Å². The normalized spacial score (nSPS) is 19.2. The van der Waals surface area contributed by atoms with E-state index in [1.165, 1.54) is 13.0 Å². The number of hydrogen-bond donors (Lipinski definition) is 1.